The summed E-state index contributed by atoms with van der Waals surface area (Å²) in [7, 11) is 0. The van der Waals surface area contributed by atoms with Gasteiger partial charge in [-0.25, -0.2) is 4.98 Å². The minimum absolute atomic E-state index is 0.131. The summed E-state index contributed by atoms with van der Waals surface area (Å²) in [6.45, 7) is 9.20. The molecule has 122 valence electrons. The monoisotopic (exact) mass is 318 g/mol. The van der Waals surface area contributed by atoms with Crippen LogP contribution in [0.25, 0.3) is 21.8 Å². The maximum absolute atomic E-state index is 13.2. The number of nitrogens with zero attached hydrogens (tertiary/aromatic N) is 2. The average molecular weight is 318 g/mol. The number of aryl methyl sites for hydroxylation is 3. The second-order valence-electron chi connectivity index (χ2n) is 6.88. The molecule has 3 heteroatoms. The minimum atomic E-state index is 0.131. The molecule has 0 atom stereocenters. The highest BCUT2D eigenvalue weighted by Crippen LogP contribution is 2.42. The number of unbranched alkanes of at least 4 members (excludes halogenated alkanes) is 1. The molecule has 0 radical (unpaired) electrons. The molecule has 0 bridgehead atoms. The van der Waals surface area contributed by atoms with E-state index in [-0.39, 0.29) is 5.91 Å². The maximum atomic E-state index is 13.2. The van der Waals surface area contributed by atoms with Crippen LogP contribution in [0.4, 0.5) is 5.69 Å². The molecule has 1 aliphatic heterocycles. The van der Waals surface area contributed by atoms with E-state index in [0.29, 0.717) is 0 Å². The Bertz CT molecular complexity index is 1000. The van der Waals surface area contributed by atoms with Crippen molar-refractivity contribution in [2.45, 2.75) is 40.5 Å². The number of hydrogen-bond acceptors (Lipinski definition) is 2. The number of pyridine rings is 1. The number of aromatic nitrogens is 1. The van der Waals surface area contributed by atoms with Crippen molar-refractivity contribution in [3.05, 3.63) is 46.5 Å². The van der Waals surface area contributed by atoms with Gasteiger partial charge in [0.05, 0.1) is 22.3 Å². The Labute approximate surface area is 142 Å². The molecule has 1 aromatic heterocycles. The maximum Gasteiger partial charge on any atom is 0.259 e. The molecular weight excluding hydrogens is 296 g/mol. The fourth-order valence-electron chi connectivity index (χ4n) is 3.69. The molecule has 0 spiro atoms. The number of rotatable bonds is 3. The highest BCUT2D eigenvalue weighted by Gasteiger charge is 2.33. The molecule has 0 fully saturated rings. The van der Waals surface area contributed by atoms with Crippen molar-refractivity contribution in [3.63, 3.8) is 0 Å². The van der Waals surface area contributed by atoms with E-state index < -0.39 is 0 Å². The summed E-state index contributed by atoms with van der Waals surface area (Å²) in [6, 6.07) is 8.35. The third-order valence-electron chi connectivity index (χ3n) is 5.18. The normalized spacial score (nSPS) is 13.5. The van der Waals surface area contributed by atoms with E-state index in [4.69, 9.17) is 4.98 Å². The van der Waals surface area contributed by atoms with E-state index in [1.807, 2.05) is 11.0 Å². The second kappa shape index (κ2) is 5.30. The summed E-state index contributed by atoms with van der Waals surface area (Å²) in [5.41, 5.74) is 7.29. The van der Waals surface area contributed by atoms with Gasteiger partial charge >= 0.3 is 0 Å². The summed E-state index contributed by atoms with van der Waals surface area (Å²) in [6.07, 6.45) is 2.09. The molecule has 1 amide bonds. The summed E-state index contributed by atoms with van der Waals surface area (Å²) in [5, 5.41) is 2.02. The van der Waals surface area contributed by atoms with Crippen LogP contribution in [0.5, 0.6) is 0 Å². The summed E-state index contributed by atoms with van der Waals surface area (Å²) in [4.78, 5) is 20.1. The van der Waals surface area contributed by atoms with Crippen molar-refractivity contribution in [1.29, 1.82) is 0 Å². The lowest BCUT2D eigenvalue weighted by atomic mass is 9.98. The summed E-state index contributed by atoms with van der Waals surface area (Å²) < 4.78 is 0. The van der Waals surface area contributed by atoms with Gasteiger partial charge in [0.2, 0.25) is 0 Å². The van der Waals surface area contributed by atoms with Gasteiger partial charge in [-0.3, -0.25) is 4.79 Å². The zero-order chi connectivity index (χ0) is 17.0. The van der Waals surface area contributed by atoms with Crippen molar-refractivity contribution >= 4 is 33.4 Å². The van der Waals surface area contributed by atoms with Crippen molar-refractivity contribution < 1.29 is 4.79 Å². The van der Waals surface area contributed by atoms with Gasteiger partial charge in [-0.1, -0.05) is 25.0 Å². The van der Waals surface area contributed by atoms with Gasteiger partial charge in [-0.2, -0.15) is 0 Å². The van der Waals surface area contributed by atoms with Crippen LogP contribution in [0.1, 0.15) is 46.8 Å². The van der Waals surface area contributed by atoms with Crippen LogP contribution in [0, 0.1) is 20.8 Å². The Hall–Kier alpha value is -2.42. The summed E-state index contributed by atoms with van der Waals surface area (Å²) in [5.74, 6) is 0.131. The molecule has 0 saturated heterocycles. The first-order valence-corrected chi connectivity index (χ1v) is 8.69. The zero-order valence-electron chi connectivity index (χ0n) is 14.7. The Morgan fingerprint density at radius 1 is 1.12 bits per heavy atom. The fraction of sp³-hybridized carbons (Fsp3) is 0.333. The molecule has 24 heavy (non-hydrogen) atoms. The van der Waals surface area contributed by atoms with E-state index in [1.54, 1.807) is 0 Å². The van der Waals surface area contributed by atoms with E-state index in [0.717, 1.165) is 58.0 Å². The Morgan fingerprint density at radius 2 is 1.92 bits per heavy atom. The zero-order valence-corrected chi connectivity index (χ0v) is 14.7. The third kappa shape index (κ3) is 1.97. The molecule has 0 aliphatic carbocycles. The minimum Gasteiger partial charge on any atom is -0.308 e. The molecule has 2 aromatic carbocycles. The van der Waals surface area contributed by atoms with E-state index in [1.165, 1.54) is 11.1 Å². The topological polar surface area (TPSA) is 33.2 Å². The SMILES string of the molecule is CCCCN1C(=O)c2c3cc(C)ccc3nc3c(C)c(C)cc1c23. The van der Waals surface area contributed by atoms with Gasteiger partial charge in [0.1, 0.15) is 0 Å². The standard InChI is InChI=1S/C21H22N2O/c1-5-6-9-23-17-11-13(3)14(4)20-19(17)18(21(23)24)15-10-12(2)7-8-16(15)22-20/h7-8,10-11H,5-6,9H2,1-4H3. The molecule has 0 unspecified atom stereocenters. The number of anilines is 1. The van der Waals surface area contributed by atoms with Crippen LogP contribution in [-0.4, -0.2) is 17.4 Å². The number of fused-ring (bicyclic) bond motifs is 2. The smallest absolute Gasteiger partial charge is 0.259 e. The number of carbonyl (C=O) groups excluding carboxylic acids is 1. The molecular formula is C21H22N2O. The first-order valence-electron chi connectivity index (χ1n) is 8.69. The van der Waals surface area contributed by atoms with Crippen LogP contribution in [0.3, 0.4) is 0 Å². The van der Waals surface area contributed by atoms with E-state index >= 15 is 0 Å². The molecule has 3 nitrogen and oxygen atoms in total. The highest BCUT2D eigenvalue weighted by molar-refractivity contribution is 6.30. The summed E-state index contributed by atoms with van der Waals surface area (Å²) >= 11 is 0. The van der Waals surface area contributed by atoms with Gasteiger partial charge in [-0.15, -0.1) is 0 Å². The first kappa shape index (κ1) is 15.1. The predicted molar refractivity (Wildman–Crippen MR) is 100 cm³/mol. The predicted octanol–water partition coefficient (Wildman–Crippen LogP) is 5.07. The molecule has 3 aromatic rings. The van der Waals surface area contributed by atoms with Crippen LogP contribution in [0.2, 0.25) is 0 Å². The molecule has 4 rings (SSSR count). The van der Waals surface area contributed by atoms with Crippen molar-refractivity contribution in [2.75, 3.05) is 11.4 Å². The Kier molecular flexibility index (Phi) is 3.34. The first-order chi connectivity index (χ1) is 11.5. The van der Waals surface area contributed by atoms with Crippen LogP contribution in [0.15, 0.2) is 24.3 Å². The third-order valence-corrected chi connectivity index (χ3v) is 5.18. The van der Waals surface area contributed by atoms with Gasteiger partial charge < -0.3 is 4.90 Å². The lowest BCUT2D eigenvalue weighted by Gasteiger charge is -2.18. The lowest BCUT2D eigenvalue weighted by molar-refractivity contribution is 0.0994. The Morgan fingerprint density at radius 3 is 2.67 bits per heavy atom. The van der Waals surface area contributed by atoms with Crippen molar-refractivity contribution in [1.82, 2.24) is 4.98 Å². The number of benzene rings is 2. The second-order valence-corrected chi connectivity index (χ2v) is 6.88. The van der Waals surface area contributed by atoms with Gasteiger partial charge in [-0.05, 0) is 56.5 Å². The average Bonchev–Trinajstić information content (AvgIpc) is 2.84. The van der Waals surface area contributed by atoms with E-state index in [2.05, 4.69) is 45.9 Å². The number of hydrogen-bond donors (Lipinski definition) is 0. The lowest BCUT2D eigenvalue weighted by Crippen LogP contribution is -2.27. The van der Waals surface area contributed by atoms with Crippen LogP contribution < -0.4 is 4.90 Å². The van der Waals surface area contributed by atoms with Crippen molar-refractivity contribution in [2.24, 2.45) is 0 Å². The van der Waals surface area contributed by atoms with Gasteiger partial charge in [0.25, 0.3) is 5.91 Å². The number of amides is 1. The molecule has 1 aliphatic rings. The number of carbonyl (C=O) groups is 1. The van der Waals surface area contributed by atoms with Crippen LogP contribution in [-0.2, 0) is 0 Å². The molecule has 0 saturated carbocycles. The van der Waals surface area contributed by atoms with Gasteiger partial charge in [0, 0.05) is 17.3 Å². The van der Waals surface area contributed by atoms with Crippen LogP contribution >= 0.6 is 0 Å². The fourth-order valence-corrected chi connectivity index (χ4v) is 3.69. The van der Waals surface area contributed by atoms with Gasteiger partial charge in [0.15, 0.2) is 0 Å². The molecule has 2 heterocycles. The van der Waals surface area contributed by atoms with Crippen molar-refractivity contribution in [3.8, 4) is 0 Å². The van der Waals surface area contributed by atoms with E-state index in [9.17, 15) is 4.79 Å². The Balaban J connectivity index is 2.13. The largest absolute Gasteiger partial charge is 0.308 e. The quantitative estimate of drug-likeness (QED) is 0.631. The molecule has 0 N–H and O–H groups in total. The highest BCUT2D eigenvalue weighted by atomic mass is 16.2.